The number of para-hydroxylation sites is 1. The molecule has 3 rings (SSSR count). The number of ether oxygens (including phenoxy) is 2. The maximum atomic E-state index is 12.1. The molecule has 1 aliphatic rings. The summed E-state index contributed by atoms with van der Waals surface area (Å²) in [5.41, 5.74) is 4.24. The molecule has 0 radical (unpaired) electrons. The van der Waals surface area contributed by atoms with Crippen LogP contribution in [0.1, 0.15) is 42.8 Å². The van der Waals surface area contributed by atoms with Crippen LogP contribution in [0, 0.1) is 13.8 Å². The molecule has 1 amide bonds. The summed E-state index contributed by atoms with van der Waals surface area (Å²) in [4.78, 5) is 12.1. The molecule has 1 aromatic heterocycles. The summed E-state index contributed by atoms with van der Waals surface area (Å²) in [5.74, 6) is 1.60. The van der Waals surface area contributed by atoms with Crippen LogP contribution in [0.25, 0.3) is 0 Å². The van der Waals surface area contributed by atoms with Crippen molar-refractivity contribution < 1.29 is 14.3 Å². The topological polar surface area (TPSA) is 65.4 Å². The standard InChI is InChI=1S/C21H29N3O3/c1-14-17(15(2)24(5)23-14)9-10-19(25)22-11-12-26-18-8-6-7-16-13-21(3,4)27-20(16)18/h6-8H,9-13H2,1-5H3,(H,22,25). The Kier molecular flexibility index (Phi) is 5.44. The van der Waals surface area contributed by atoms with E-state index in [9.17, 15) is 4.79 Å². The lowest BCUT2D eigenvalue weighted by Crippen LogP contribution is -2.28. The van der Waals surface area contributed by atoms with Crippen LogP contribution in [0.4, 0.5) is 0 Å². The van der Waals surface area contributed by atoms with Crippen LogP contribution < -0.4 is 14.8 Å². The fraction of sp³-hybridized carbons (Fsp3) is 0.524. The smallest absolute Gasteiger partial charge is 0.220 e. The first-order chi connectivity index (χ1) is 12.8. The number of aryl methyl sites for hydroxylation is 2. The van der Waals surface area contributed by atoms with Gasteiger partial charge in [-0.25, -0.2) is 0 Å². The van der Waals surface area contributed by atoms with Crippen LogP contribution in [0.15, 0.2) is 18.2 Å². The number of hydrogen-bond acceptors (Lipinski definition) is 4. The Labute approximate surface area is 160 Å². The lowest BCUT2D eigenvalue weighted by Gasteiger charge is -2.18. The predicted molar refractivity (Wildman–Crippen MR) is 104 cm³/mol. The number of rotatable bonds is 7. The van der Waals surface area contributed by atoms with Crippen LogP contribution in [0.5, 0.6) is 11.5 Å². The molecule has 27 heavy (non-hydrogen) atoms. The largest absolute Gasteiger partial charge is 0.488 e. The Bertz CT molecular complexity index is 839. The van der Waals surface area contributed by atoms with E-state index in [1.165, 1.54) is 5.56 Å². The number of fused-ring (bicyclic) bond motifs is 1. The van der Waals surface area contributed by atoms with Gasteiger partial charge in [0.2, 0.25) is 5.91 Å². The molecule has 146 valence electrons. The van der Waals surface area contributed by atoms with Gasteiger partial charge in [-0.3, -0.25) is 9.48 Å². The van der Waals surface area contributed by atoms with Crippen LogP contribution in [0.2, 0.25) is 0 Å². The van der Waals surface area contributed by atoms with Crippen molar-refractivity contribution >= 4 is 5.91 Å². The van der Waals surface area contributed by atoms with Crippen molar-refractivity contribution in [2.75, 3.05) is 13.2 Å². The molecule has 0 bridgehead atoms. The number of carbonyl (C=O) groups excluding carboxylic acids is 1. The van der Waals surface area contributed by atoms with Crippen molar-refractivity contribution in [3.05, 3.63) is 40.7 Å². The number of nitrogens with zero attached hydrogens (tertiary/aromatic N) is 2. The first kappa shape index (κ1) is 19.3. The summed E-state index contributed by atoms with van der Waals surface area (Å²) in [6.07, 6.45) is 2.03. The van der Waals surface area contributed by atoms with Gasteiger partial charge in [0.25, 0.3) is 0 Å². The molecule has 6 nitrogen and oxygen atoms in total. The third-order valence-corrected chi connectivity index (χ3v) is 5.00. The van der Waals surface area contributed by atoms with Crippen LogP contribution in [-0.2, 0) is 24.7 Å². The minimum atomic E-state index is -0.196. The third kappa shape index (κ3) is 4.43. The van der Waals surface area contributed by atoms with Gasteiger partial charge in [-0.15, -0.1) is 0 Å². The van der Waals surface area contributed by atoms with Crippen molar-refractivity contribution in [1.82, 2.24) is 15.1 Å². The molecule has 1 N–H and O–H groups in total. The van der Waals surface area contributed by atoms with Gasteiger partial charge in [-0.1, -0.05) is 12.1 Å². The van der Waals surface area contributed by atoms with E-state index in [0.717, 1.165) is 34.9 Å². The fourth-order valence-electron chi connectivity index (χ4n) is 3.56. The first-order valence-corrected chi connectivity index (χ1v) is 9.46. The zero-order valence-electron chi connectivity index (χ0n) is 16.9. The highest BCUT2D eigenvalue weighted by Gasteiger charge is 2.32. The molecule has 6 heteroatoms. The number of benzene rings is 1. The molecule has 0 saturated heterocycles. The van der Waals surface area contributed by atoms with E-state index >= 15 is 0 Å². The zero-order valence-corrected chi connectivity index (χ0v) is 16.9. The van der Waals surface area contributed by atoms with E-state index in [1.807, 2.05) is 37.7 Å². The van der Waals surface area contributed by atoms with Crippen LogP contribution >= 0.6 is 0 Å². The minimum Gasteiger partial charge on any atom is -0.488 e. The van der Waals surface area contributed by atoms with Crippen molar-refractivity contribution in [3.8, 4) is 11.5 Å². The maximum absolute atomic E-state index is 12.1. The van der Waals surface area contributed by atoms with E-state index < -0.39 is 0 Å². The van der Waals surface area contributed by atoms with Crippen LogP contribution in [0.3, 0.4) is 0 Å². The highest BCUT2D eigenvalue weighted by atomic mass is 16.5. The summed E-state index contributed by atoms with van der Waals surface area (Å²) < 4.78 is 13.7. The number of nitrogens with one attached hydrogen (secondary N) is 1. The molecule has 0 aliphatic carbocycles. The van der Waals surface area contributed by atoms with Crippen molar-refractivity contribution in [2.24, 2.45) is 7.05 Å². The molecule has 0 fully saturated rings. The zero-order chi connectivity index (χ0) is 19.6. The monoisotopic (exact) mass is 371 g/mol. The van der Waals surface area contributed by atoms with E-state index in [-0.39, 0.29) is 11.5 Å². The minimum absolute atomic E-state index is 0.0249. The number of carbonyl (C=O) groups is 1. The molecule has 0 spiro atoms. The van der Waals surface area contributed by atoms with Gasteiger partial charge in [0.05, 0.1) is 12.2 Å². The van der Waals surface area contributed by atoms with Gasteiger partial charge in [0, 0.05) is 31.1 Å². The Morgan fingerprint density at radius 2 is 2.15 bits per heavy atom. The second kappa shape index (κ2) is 7.62. The molecular formula is C21H29N3O3. The Morgan fingerprint density at radius 1 is 1.37 bits per heavy atom. The quantitative estimate of drug-likeness (QED) is 0.760. The molecule has 0 saturated carbocycles. The first-order valence-electron chi connectivity index (χ1n) is 9.46. The average molecular weight is 371 g/mol. The Morgan fingerprint density at radius 3 is 2.85 bits per heavy atom. The second-order valence-electron chi connectivity index (χ2n) is 7.75. The van der Waals surface area contributed by atoms with Gasteiger partial charge in [-0.2, -0.15) is 5.10 Å². The van der Waals surface area contributed by atoms with Crippen molar-refractivity contribution in [2.45, 2.75) is 52.6 Å². The number of aromatic nitrogens is 2. The van der Waals surface area contributed by atoms with Gasteiger partial charge < -0.3 is 14.8 Å². The van der Waals surface area contributed by atoms with Gasteiger partial charge >= 0.3 is 0 Å². The highest BCUT2D eigenvalue weighted by Crippen LogP contribution is 2.41. The number of amides is 1. The summed E-state index contributed by atoms with van der Waals surface area (Å²) in [6.45, 7) is 9.04. The fourth-order valence-corrected chi connectivity index (χ4v) is 3.56. The van der Waals surface area contributed by atoms with Crippen LogP contribution in [-0.4, -0.2) is 34.4 Å². The maximum Gasteiger partial charge on any atom is 0.220 e. The van der Waals surface area contributed by atoms with E-state index in [2.05, 4.69) is 30.3 Å². The molecule has 0 unspecified atom stereocenters. The lowest BCUT2D eigenvalue weighted by molar-refractivity contribution is -0.121. The molecule has 1 aliphatic heterocycles. The molecular weight excluding hydrogens is 342 g/mol. The molecule has 2 aromatic rings. The van der Waals surface area contributed by atoms with Gasteiger partial charge in [0.1, 0.15) is 12.2 Å². The van der Waals surface area contributed by atoms with Crippen molar-refractivity contribution in [1.29, 1.82) is 0 Å². The summed E-state index contributed by atoms with van der Waals surface area (Å²) in [5, 5.41) is 7.31. The van der Waals surface area contributed by atoms with Gasteiger partial charge in [-0.05, 0) is 45.7 Å². The highest BCUT2D eigenvalue weighted by molar-refractivity contribution is 5.76. The Balaban J connectivity index is 1.43. The SMILES string of the molecule is Cc1nn(C)c(C)c1CCC(=O)NCCOc1cccc2c1OC(C)(C)C2. The van der Waals surface area contributed by atoms with E-state index in [4.69, 9.17) is 9.47 Å². The number of hydrogen-bond donors (Lipinski definition) is 1. The third-order valence-electron chi connectivity index (χ3n) is 5.00. The molecule has 1 aromatic carbocycles. The van der Waals surface area contributed by atoms with Gasteiger partial charge in [0.15, 0.2) is 11.5 Å². The average Bonchev–Trinajstić information content (AvgIpc) is 3.04. The second-order valence-corrected chi connectivity index (χ2v) is 7.75. The summed E-state index contributed by atoms with van der Waals surface area (Å²) in [6, 6.07) is 5.97. The van der Waals surface area contributed by atoms with E-state index in [1.54, 1.807) is 0 Å². The summed E-state index contributed by atoms with van der Waals surface area (Å²) >= 11 is 0. The van der Waals surface area contributed by atoms with Crippen molar-refractivity contribution in [3.63, 3.8) is 0 Å². The Hall–Kier alpha value is -2.50. The lowest BCUT2D eigenvalue weighted by atomic mass is 10.0. The normalized spacial score (nSPS) is 14.6. The van der Waals surface area contributed by atoms with E-state index in [0.29, 0.717) is 26.0 Å². The predicted octanol–water partition coefficient (Wildman–Crippen LogP) is 2.88. The molecule has 0 atom stereocenters. The summed E-state index contributed by atoms with van der Waals surface area (Å²) in [7, 11) is 1.93. The molecule has 2 heterocycles.